The maximum atomic E-state index is 12.3. The van der Waals surface area contributed by atoms with Crippen LogP contribution < -0.4 is 5.32 Å². The average Bonchev–Trinajstić information content (AvgIpc) is 3.12. The molecule has 1 amide bonds. The Kier molecular flexibility index (Phi) is 5.09. The minimum Gasteiger partial charge on any atom is -0.403 e. The third kappa shape index (κ3) is 4.06. The molecule has 0 saturated heterocycles. The Labute approximate surface area is 157 Å². The number of benzene rings is 2. The average molecular weight is 385 g/mol. The van der Waals surface area contributed by atoms with Crippen LogP contribution in [0, 0.1) is 13.8 Å². The lowest BCUT2D eigenvalue weighted by molar-refractivity contribution is 0.102. The molecule has 27 heavy (non-hydrogen) atoms. The zero-order valence-electron chi connectivity index (χ0n) is 15.2. The summed E-state index contributed by atoms with van der Waals surface area (Å²) in [6, 6.07) is 11.5. The highest BCUT2D eigenvalue weighted by atomic mass is 32.2. The third-order valence-corrected chi connectivity index (χ3v) is 6.01. The molecule has 0 bridgehead atoms. The summed E-state index contributed by atoms with van der Waals surface area (Å²) in [5, 5.41) is 10.3. The molecule has 0 radical (unpaired) electrons. The Morgan fingerprint density at radius 2 is 1.74 bits per heavy atom. The van der Waals surface area contributed by atoms with E-state index in [9.17, 15) is 13.2 Å². The molecule has 7 nitrogen and oxygen atoms in total. The second-order valence-corrected chi connectivity index (χ2v) is 8.37. The molecule has 1 aromatic heterocycles. The summed E-state index contributed by atoms with van der Waals surface area (Å²) in [4.78, 5) is 12.5. The summed E-state index contributed by atoms with van der Waals surface area (Å²) >= 11 is 0. The Bertz CT molecular complexity index is 1090. The van der Waals surface area contributed by atoms with Gasteiger partial charge in [0.2, 0.25) is 5.89 Å². The lowest BCUT2D eigenvalue weighted by Gasteiger charge is -2.04. The molecule has 140 valence electrons. The number of amides is 1. The number of anilines is 1. The van der Waals surface area contributed by atoms with Gasteiger partial charge in [0.15, 0.2) is 9.84 Å². The number of sulfone groups is 1. The van der Waals surface area contributed by atoms with Crippen LogP contribution in [0.5, 0.6) is 0 Å². The van der Waals surface area contributed by atoms with Crippen molar-refractivity contribution >= 4 is 21.8 Å². The molecule has 0 unspecified atom stereocenters. The van der Waals surface area contributed by atoms with Crippen molar-refractivity contribution in [1.82, 2.24) is 10.2 Å². The lowest BCUT2D eigenvalue weighted by Crippen LogP contribution is -2.12. The Hall–Kier alpha value is -3.00. The highest BCUT2D eigenvalue weighted by molar-refractivity contribution is 7.91. The fraction of sp³-hybridized carbons (Fsp3) is 0.211. The van der Waals surface area contributed by atoms with Crippen molar-refractivity contribution in [3.63, 3.8) is 0 Å². The highest BCUT2D eigenvalue weighted by Gasteiger charge is 2.15. The number of nitrogens with zero attached hydrogens (tertiary/aromatic N) is 2. The number of hydrogen-bond donors (Lipinski definition) is 1. The van der Waals surface area contributed by atoms with Gasteiger partial charge >= 0.3 is 6.01 Å². The second-order valence-electron chi connectivity index (χ2n) is 6.09. The van der Waals surface area contributed by atoms with Gasteiger partial charge < -0.3 is 4.42 Å². The highest BCUT2D eigenvalue weighted by Crippen LogP contribution is 2.22. The van der Waals surface area contributed by atoms with Gasteiger partial charge in [0.1, 0.15) is 0 Å². The van der Waals surface area contributed by atoms with Crippen molar-refractivity contribution in [3.05, 3.63) is 59.2 Å². The summed E-state index contributed by atoms with van der Waals surface area (Å²) in [6.07, 6.45) is 0. The molecule has 1 N–H and O–H groups in total. The van der Waals surface area contributed by atoms with E-state index in [0.29, 0.717) is 11.1 Å². The molecule has 0 aliphatic heterocycles. The topological polar surface area (TPSA) is 102 Å². The third-order valence-electron chi connectivity index (χ3n) is 4.25. The van der Waals surface area contributed by atoms with E-state index in [-0.39, 0.29) is 28.5 Å². The summed E-state index contributed by atoms with van der Waals surface area (Å²) in [5.41, 5.74) is 3.16. The van der Waals surface area contributed by atoms with Crippen molar-refractivity contribution in [3.8, 4) is 11.5 Å². The van der Waals surface area contributed by atoms with Crippen LogP contribution in [-0.2, 0) is 9.84 Å². The molecule has 0 aliphatic carbocycles. The van der Waals surface area contributed by atoms with Crippen LogP contribution >= 0.6 is 0 Å². The molecule has 3 aromatic rings. The van der Waals surface area contributed by atoms with Crippen LogP contribution in [0.1, 0.15) is 28.4 Å². The smallest absolute Gasteiger partial charge is 0.322 e. The van der Waals surface area contributed by atoms with Crippen molar-refractivity contribution in [2.24, 2.45) is 0 Å². The minimum atomic E-state index is -3.27. The van der Waals surface area contributed by atoms with Gasteiger partial charge in [-0.3, -0.25) is 10.1 Å². The number of hydrogen-bond acceptors (Lipinski definition) is 6. The van der Waals surface area contributed by atoms with Gasteiger partial charge in [-0.1, -0.05) is 18.1 Å². The predicted molar refractivity (Wildman–Crippen MR) is 101 cm³/mol. The van der Waals surface area contributed by atoms with E-state index in [0.717, 1.165) is 11.1 Å². The largest absolute Gasteiger partial charge is 0.403 e. The van der Waals surface area contributed by atoms with Crippen molar-refractivity contribution in [2.75, 3.05) is 11.1 Å². The zero-order valence-corrected chi connectivity index (χ0v) is 16.0. The van der Waals surface area contributed by atoms with Crippen LogP contribution in [0.15, 0.2) is 51.8 Å². The quantitative estimate of drug-likeness (QED) is 0.722. The number of aryl methyl sites for hydroxylation is 2. The van der Waals surface area contributed by atoms with E-state index in [4.69, 9.17) is 4.42 Å². The summed E-state index contributed by atoms with van der Waals surface area (Å²) in [7, 11) is -3.27. The number of nitrogens with one attached hydrogen (secondary N) is 1. The monoisotopic (exact) mass is 385 g/mol. The number of aromatic nitrogens is 2. The van der Waals surface area contributed by atoms with E-state index in [2.05, 4.69) is 15.5 Å². The van der Waals surface area contributed by atoms with Crippen LogP contribution in [0.2, 0.25) is 0 Å². The van der Waals surface area contributed by atoms with Gasteiger partial charge in [0, 0.05) is 11.1 Å². The molecular weight excluding hydrogens is 366 g/mol. The minimum absolute atomic E-state index is 0.0292. The Morgan fingerprint density at radius 1 is 1.04 bits per heavy atom. The van der Waals surface area contributed by atoms with Gasteiger partial charge in [0.25, 0.3) is 5.91 Å². The van der Waals surface area contributed by atoms with Crippen molar-refractivity contribution in [1.29, 1.82) is 0 Å². The van der Waals surface area contributed by atoms with Crippen LogP contribution in [0.3, 0.4) is 0 Å². The maximum absolute atomic E-state index is 12.3. The summed E-state index contributed by atoms with van der Waals surface area (Å²) in [5.74, 6) is -0.134. The first-order valence-corrected chi connectivity index (χ1v) is 10.0. The van der Waals surface area contributed by atoms with Crippen LogP contribution in [-0.4, -0.2) is 30.3 Å². The fourth-order valence-corrected chi connectivity index (χ4v) is 3.30. The van der Waals surface area contributed by atoms with Gasteiger partial charge in [-0.25, -0.2) is 8.42 Å². The molecule has 0 spiro atoms. The number of carbonyl (C=O) groups is 1. The molecule has 8 heteroatoms. The van der Waals surface area contributed by atoms with Crippen LogP contribution in [0.4, 0.5) is 6.01 Å². The SMILES string of the molecule is CCS(=O)(=O)c1ccc(-c2nnc(NC(=O)c3ccc(C)c(C)c3)o2)cc1. The van der Waals surface area contributed by atoms with Gasteiger partial charge in [-0.2, -0.15) is 0 Å². The van der Waals surface area contributed by atoms with E-state index >= 15 is 0 Å². The molecule has 0 atom stereocenters. The Balaban J connectivity index is 1.76. The number of rotatable bonds is 5. The van der Waals surface area contributed by atoms with Gasteiger partial charge in [0.05, 0.1) is 10.6 Å². The Morgan fingerprint density at radius 3 is 2.37 bits per heavy atom. The fourth-order valence-electron chi connectivity index (χ4n) is 2.41. The predicted octanol–water partition coefficient (Wildman–Crippen LogP) is 3.40. The molecule has 2 aromatic carbocycles. The maximum Gasteiger partial charge on any atom is 0.322 e. The first-order valence-electron chi connectivity index (χ1n) is 8.35. The molecular formula is C19H19N3O4S. The molecule has 3 rings (SSSR count). The van der Waals surface area contributed by atoms with Crippen molar-refractivity contribution < 1.29 is 17.6 Å². The van der Waals surface area contributed by atoms with Gasteiger partial charge in [-0.05, 0) is 61.4 Å². The van der Waals surface area contributed by atoms with E-state index in [1.54, 1.807) is 31.2 Å². The number of carbonyl (C=O) groups excluding carboxylic acids is 1. The molecule has 0 fully saturated rings. The molecule has 1 heterocycles. The first-order chi connectivity index (χ1) is 12.8. The van der Waals surface area contributed by atoms with E-state index in [1.165, 1.54) is 12.1 Å². The van der Waals surface area contributed by atoms with E-state index in [1.807, 2.05) is 19.9 Å². The van der Waals surface area contributed by atoms with Crippen molar-refractivity contribution in [2.45, 2.75) is 25.7 Å². The summed E-state index contributed by atoms with van der Waals surface area (Å²) < 4.78 is 29.2. The van der Waals surface area contributed by atoms with Crippen LogP contribution in [0.25, 0.3) is 11.5 Å². The lowest BCUT2D eigenvalue weighted by atomic mass is 10.1. The normalized spacial score (nSPS) is 11.4. The van der Waals surface area contributed by atoms with E-state index < -0.39 is 9.84 Å². The molecule has 0 aliphatic rings. The van der Waals surface area contributed by atoms with Gasteiger partial charge in [-0.15, -0.1) is 5.10 Å². The first kappa shape index (κ1) is 18.8. The second kappa shape index (κ2) is 7.32. The summed E-state index contributed by atoms with van der Waals surface area (Å²) in [6.45, 7) is 5.49. The molecule has 0 saturated carbocycles. The zero-order chi connectivity index (χ0) is 19.6. The standard InChI is InChI=1S/C19H19N3O4S/c1-4-27(24,25)16-9-7-14(8-10-16)18-21-22-19(26-18)20-17(23)15-6-5-12(2)13(3)11-15/h5-11H,4H2,1-3H3,(H,20,22,23).